The van der Waals surface area contributed by atoms with E-state index in [0.717, 1.165) is 5.56 Å². The van der Waals surface area contributed by atoms with E-state index in [4.69, 9.17) is 4.74 Å². The van der Waals surface area contributed by atoms with Gasteiger partial charge in [0.2, 0.25) is 5.91 Å². The topological polar surface area (TPSA) is 119 Å². The second-order valence-electron chi connectivity index (χ2n) is 11.4. The van der Waals surface area contributed by atoms with Gasteiger partial charge in [0.25, 0.3) is 0 Å². The molecule has 2 saturated carbocycles. The molecule has 8 nitrogen and oxygen atoms in total. The van der Waals surface area contributed by atoms with E-state index in [0.29, 0.717) is 50.9 Å². The summed E-state index contributed by atoms with van der Waals surface area (Å²) in [7, 11) is 0. The van der Waals surface area contributed by atoms with Crippen molar-refractivity contribution in [3.8, 4) is 0 Å². The van der Waals surface area contributed by atoms with Crippen molar-refractivity contribution in [3.63, 3.8) is 0 Å². The number of carbonyl (C=O) groups is 2. The third kappa shape index (κ3) is 5.06. The molecule has 3 aliphatic rings. The molecule has 35 heavy (non-hydrogen) atoms. The number of β-amino-alcohol motifs (C(OH)–C–C–N with tert-alkyl or cyclic N) is 1. The average molecular weight is 489 g/mol. The molecule has 2 aliphatic carbocycles. The van der Waals surface area contributed by atoms with Gasteiger partial charge in [0, 0.05) is 30.6 Å². The molecule has 0 bridgehead atoms. The molecular weight excluding hydrogens is 448 g/mol. The number of hydrogen-bond donors (Lipinski definition) is 4. The van der Waals surface area contributed by atoms with E-state index in [2.05, 4.69) is 12.2 Å². The summed E-state index contributed by atoms with van der Waals surface area (Å²) in [6, 6.07) is 7.47. The van der Waals surface area contributed by atoms with Gasteiger partial charge in [-0.1, -0.05) is 31.5 Å². The van der Waals surface area contributed by atoms with Crippen molar-refractivity contribution < 1.29 is 29.6 Å². The summed E-state index contributed by atoms with van der Waals surface area (Å²) in [5.41, 5.74) is 0.675. The minimum atomic E-state index is -0.692. The lowest BCUT2D eigenvalue weighted by atomic mass is 9.46. The van der Waals surface area contributed by atoms with Gasteiger partial charge in [0.15, 0.2) is 0 Å². The molecule has 8 heteroatoms. The molecule has 0 aromatic heterocycles. The van der Waals surface area contributed by atoms with Crippen LogP contribution in [-0.2, 0) is 9.53 Å². The maximum absolute atomic E-state index is 13.0. The summed E-state index contributed by atoms with van der Waals surface area (Å²) in [6.45, 7) is 6.81. The number of aliphatic hydroxyl groups excluding tert-OH is 3. The normalized spacial score (nSPS) is 37.0. The van der Waals surface area contributed by atoms with Crippen LogP contribution in [0, 0.1) is 29.6 Å². The molecule has 2 amide bonds. The van der Waals surface area contributed by atoms with Gasteiger partial charge in [-0.15, -0.1) is 0 Å². The van der Waals surface area contributed by atoms with Gasteiger partial charge in [0.1, 0.15) is 6.10 Å². The Morgan fingerprint density at radius 1 is 1.11 bits per heavy atom. The van der Waals surface area contributed by atoms with Crippen LogP contribution in [-0.4, -0.2) is 70.2 Å². The SMILES string of the molecule is Cc1ccc(NC(=O)O[C@@H]2CC[C@]3(C)[C@H](CC[C@@H](O)[C@H]3CC(=O)N3CC[C@@H](O)C3)[C@]2(C)CO)cc1. The number of likely N-dealkylation sites (tertiary alicyclic amines) is 1. The highest BCUT2D eigenvalue weighted by molar-refractivity contribution is 5.84. The zero-order chi connectivity index (χ0) is 25.4. The highest BCUT2D eigenvalue weighted by atomic mass is 16.6. The molecule has 4 rings (SSSR count). The number of amides is 2. The smallest absolute Gasteiger partial charge is 0.411 e. The van der Waals surface area contributed by atoms with Crippen molar-refractivity contribution in [2.75, 3.05) is 25.0 Å². The van der Waals surface area contributed by atoms with Gasteiger partial charge in [0.05, 0.1) is 18.8 Å². The van der Waals surface area contributed by atoms with Gasteiger partial charge in [-0.2, -0.15) is 0 Å². The lowest BCUT2D eigenvalue weighted by molar-refractivity contribution is -0.186. The molecule has 4 N–H and O–H groups in total. The number of ether oxygens (including phenoxy) is 1. The fourth-order valence-electron chi connectivity index (χ4n) is 6.98. The molecule has 194 valence electrons. The Labute approximate surface area is 207 Å². The Kier molecular flexibility index (Phi) is 7.46. The van der Waals surface area contributed by atoms with Crippen molar-refractivity contribution >= 4 is 17.7 Å². The zero-order valence-electron chi connectivity index (χ0n) is 21.1. The Bertz CT molecular complexity index is 923. The minimum absolute atomic E-state index is 0.0173. The first kappa shape index (κ1) is 25.9. The average Bonchev–Trinajstić information content (AvgIpc) is 3.26. The number of hydrogen-bond acceptors (Lipinski definition) is 6. The molecule has 1 saturated heterocycles. The highest BCUT2D eigenvalue weighted by Crippen LogP contribution is 2.61. The Hall–Kier alpha value is -2.16. The van der Waals surface area contributed by atoms with Gasteiger partial charge < -0.3 is 25.0 Å². The van der Waals surface area contributed by atoms with E-state index in [1.165, 1.54) is 0 Å². The molecular formula is C27H40N2O6. The molecule has 1 aliphatic heterocycles. The molecule has 3 fully saturated rings. The Morgan fingerprint density at radius 2 is 1.83 bits per heavy atom. The van der Waals surface area contributed by atoms with Crippen LogP contribution < -0.4 is 5.32 Å². The second kappa shape index (κ2) is 10.1. The van der Waals surface area contributed by atoms with Crippen molar-refractivity contribution in [2.24, 2.45) is 22.7 Å². The van der Waals surface area contributed by atoms with Crippen molar-refractivity contribution in [2.45, 2.75) is 77.6 Å². The number of anilines is 1. The molecule has 0 spiro atoms. The summed E-state index contributed by atoms with van der Waals surface area (Å²) >= 11 is 0. The fourth-order valence-corrected chi connectivity index (χ4v) is 6.98. The highest BCUT2D eigenvalue weighted by Gasteiger charge is 2.60. The molecule has 0 unspecified atom stereocenters. The van der Waals surface area contributed by atoms with E-state index in [-0.39, 0.29) is 36.2 Å². The monoisotopic (exact) mass is 488 g/mol. The summed E-state index contributed by atoms with van der Waals surface area (Å²) in [6.07, 6.45) is 1.19. The number of aliphatic hydroxyl groups is 3. The molecule has 0 radical (unpaired) electrons. The molecule has 1 heterocycles. The lowest BCUT2D eigenvalue weighted by Gasteiger charge is -2.60. The number of aryl methyl sites for hydroxylation is 1. The number of nitrogens with zero attached hydrogens (tertiary/aromatic N) is 1. The number of rotatable bonds is 5. The first-order valence-corrected chi connectivity index (χ1v) is 12.9. The summed E-state index contributed by atoms with van der Waals surface area (Å²) in [5.74, 6) is -0.301. The van der Waals surface area contributed by atoms with Crippen LogP contribution in [0.4, 0.5) is 10.5 Å². The minimum Gasteiger partial charge on any atom is -0.445 e. The summed E-state index contributed by atoms with van der Waals surface area (Å²) < 4.78 is 5.89. The predicted octanol–water partition coefficient (Wildman–Crippen LogP) is 3.08. The standard InChI is InChI=1S/C27H40N2O6/c1-17-4-6-18(7-5-17)28-25(34)35-23-10-12-26(2)20(14-24(33)29-13-11-19(31)15-29)21(32)8-9-22(26)27(23,3)16-30/h4-7,19-23,30-32H,8-16H2,1-3H3,(H,28,34)/t19-,20-,21-,22+,23-,26+,27+/m1/s1. The van der Waals surface area contributed by atoms with Crippen LogP contribution in [0.5, 0.6) is 0 Å². The molecule has 1 aromatic rings. The second-order valence-corrected chi connectivity index (χ2v) is 11.4. The zero-order valence-corrected chi connectivity index (χ0v) is 21.1. The van der Waals surface area contributed by atoms with E-state index < -0.39 is 29.8 Å². The van der Waals surface area contributed by atoms with Crippen LogP contribution in [0.1, 0.15) is 57.9 Å². The first-order chi connectivity index (χ1) is 16.6. The third-order valence-electron chi connectivity index (χ3n) is 9.13. The molecule has 1 aromatic carbocycles. The summed E-state index contributed by atoms with van der Waals surface area (Å²) in [4.78, 5) is 27.4. The lowest BCUT2D eigenvalue weighted by Crippen LogP contribution is -2.61. The van der Waals surface area contributed by atoms with Gasteiger partial charge in [-0.25, -0.2) is 4.79 Å². The fraction of sp³-hybridized carbons (Fsp3) is 0.704. The van der Waals surface area contributed by atoms with Crippen LogP contribution in [0.25, 0.3) is 0 Å². The van der Waals surface area contributed by atoms with Crippen LogP contribution in [0.15, 0.2) is 24.3 Å². The predicted molar refractivity (Wildman–Crippen MR) is 132 cm³/mol. The van der Waals surface area contributed by atoms with Crippen LogP contribution in [0.3, 0.4) is 0 Å². The number of carbonyl (C=O) groups excluding carboxylic acids is 2. The molecule has 7 atom stereocenters. The van der Waals surface area contributed by atoms with Crippen molar-refractivity contribution in [1.29, 1.82) is 0 Å². The number of benzene rings is 1. The third-order valence-corrected chi connectivity index (χ3v) is 9.13. The van der Waals surface area contributed by atoms with Crippen LogP contribution in [0.2, 0.25) is 0 Å². The number of fused-ring (bicyclic) bond motifs is 1. The maximum Gasteiger partial charge on any atom is 0.411 e. The first-order valence-electron chi connectivity index (χ1n) is 12.9. The van der Waals surface area contributed by atoms with E-state index in [9.17, 15) is 24.9 Å². The largest absolute Gasteiger partial charge is 0.445 e. The Morgan fingerprint density at radius 3 is 2.46 bits per heavy atom. The Balaban J connectivity index is 1.48. The van der Waals surface area contributed by atoms with Crippen molar-refractivity contribution in [3.05, 3.63) is 29.8 Å². The van der Waals surface area contributed by atoms with Crippen molar-refractivity contribution in [1.82, 2.24) is 4.90 Å². The van der Waals surface area contributed by atoms with Gasteiger partial charge >= 0.3 is 6.09 Å². The van der Waals surface area contributed by atoms with Gasteiger partial charge in [-0.3, -0.25) is 10.1 Å². The van der Waals surface area contributed by atoms with Gasteiger partial charge in [-0.05, 0) is 68.4 Å². The van der Waals surface area contributed by atoms with Crippen LogP contribution >= 0.6 is 0 Å². The van der Waals surface area contributed by atoms with E-state index in [1.807, 2.05) is 38.1 Å². The van der Waals surface area contributed by atoms with E-state index >= 15 is 0 Å². The quantitative estimate of drug-likeness (QED) is 0.506. The van der Waals surface area contributed by atoms with E-state index in [1.54, 1.807) is 4.90 Å². The summed E-state index contributed by atoms with van der Waals surface area (Å²) in [5, 5.41) is 34.2. The maximum atomic E-state index is 13.0. The number of nitrogens with one attached hydrogen (secondary N) is 1.